The normalized spacial score (nSPS) is 18.2. The van der Waals surface area contributed by atoms with Crippen molar-refractivity contribution in [3.63, 3.8) is 0 Å². The van der Waals surface area contributed by atoms with E-state index in [1.165, 1.54) is 19.3 Å². The number of hydrogen-bond acceptors (Lipinski definition) is 4. The van der Waals surface area contributed by atoms with E-state index in [2.05, 4.69) is 6.92 Å². The summed E-state index contributed by atoms with van der Waals surface area (Å²) in [6.07, 6.45) is 5.15. The molecule has 0 heterocycles. The van der Waals surface area contributed by atoms with E-state index < -0.39 is 18.3 Å². The average molecular weight is 333 g/mol. The maximum absolute atomic E-state index is 12.8. The van der Waals surface area contributed by atoms with E-state index in [-0.39, 0.29) is 30.0 Å². The molecule has 0 saturated carbocycles. The summed E-state index contributed by atoms with van der Waals surface area (Å²) in [5.74, 6) is 0.0168. The van der Waals surface area contributed by atoms with E-state index in [0.717, 1.165) is 19.3 Å². The molecule has 0 bridgehead atoms. The second-order valence-corrected chi connectivity index (χ2v) is 7.15. The first kappa shape index (κ1) is 22.5. The lowest BCUT2D eigenvalue weighted by Crippen LogP contribution is -2.61. The monoisotopic (exact) mass is 332 g/mol. The zero-order valence-corrected chi connectivity index (χ0v) is 15.5. The molecule has 0 fully saturated rings. The van der Waals surface area contributed by atoms with Crippen LogP contribution in [-0.2, 0) is 4.79 Å². The number of unbranched alkanes of at least 4 members (excludes halogenated alkanes) is 5. The minimum atomic E-state index is -0.652. The van der Waals surface area contributed by atoms with E-state index in [0.29, 0.717) is 6.42 Å². The van der Waals surface area contributed by atoms with E-state index >= 15 is 0 Å². The van der Waals surface area contributed by atoms with Gasteiger partial charge in [-0.3, -0.25) is 4.48 Å². The first-order chi connectivity index (χ1) is 10.7. The number of carbonyl (C=O) groups is 1. The third kappa shape index (κ3) is 10.1. The molecule has 0 aliphatic rings. The summed E-state index contributed by atoms with van der Waals surface area (Å²) in [4.78, 5) is 12.8. The maximum Gasteiger partial charge on any atom is 0.313 e. The Morgan fingerprint density at radius 1 is 0.783 bits per heavy atom. The quantitative estimate of drug-likeness (QED) is 0.357. The molecule has 138 valence electrons. The Morgan fingerprint density at radius 3 is 1.57 bits per heavy atom. The van der Waals surface area contributed by atoms with Gasteiger partial charge in [-0.15, -0.1) is 0 Å². The van der Waals surface area contributed by atoms with Crippen LogP contribution in [0.4, 0.5) is 0 Å². The molecule has 0 saturated heterocycles. The van der Waals surface area contributed by atoms with Gasteiger partial charge in [-0.2, -0.15) is 0 Å². The number of rotatable bonds is 13. The molecule has 3 atom stereocenters. The van der Waals surface area contributed by atoms with Crippen LogP contribution in [0.5, 0.6) is 0 Å². The number of aliphatic hydroxyl groups excluding tert-OH is 3. The van der Waals surface area contributed by atoms with E-state index in [4.69, 9.17) is 0 Å². The highest BCUT2D eigenvalue weighted by Gasteiger charge is 2.39. The number of carbonyl (C=O) groups excluding carboxylic acids is 1. The van der Waals surface area contributed by atoms with Gasteiger partial charge in [0, 0.05) is 0 Å². The SMILES string of the molecule is CCCCCCCCC(=O)[N+](CC(C)O)(CC(C)O)CC(C)O. The first-order valence-corrected chi connectivity index (χ1v) is 9.17. The highest BCUT2D eigenvalue weighted by atomic mass is 16.3. The number of amides is 1. The summed E-state index contributed by atoms with van der Waals surface area (Å²) >= 11 is 0. The van der Waals surface area contributed by atoms with Crippen molar-refractivity contribution in [3.8, 4) is 0 Å². The Kier molecular flexibility index (Phi) is 11.7. The van der Waals surface area contributed by atoms with Crippen LogP contribution in [0.1, 0.15) is 72.6 Å². The molecule has 5 nitrogen and oxygen atoms in total. The van der Waals surface area contributed by atoms with Crippen LogP contribution < -0.4 is 0 Å². The number of hydrogen-bond donors (Lipinski definition) is 3. The van der Waals surface area contributed by atoms with Crippen molar-refractivity contribution in [3.05, 3.63) is 0 Å². The standard InChI is InChI=1S/C18H38NO4/c1-5-6-7-8-9-10-11-18(23)19(12-15(2)20,13-16(3)21)14-17(4)22/h15-17,20-22H,5-14H2,1-4H3/q+1. The van der Waals surface area contributed by atoms with E-state index in [9.17, 15) is 20.1 Å². The Balaban J connectivity index is 4.76. The molecule has 5 heteroatoms. The molecule has 3 unspecified atom stereocenters. The van der Waals surface area contributed by atoms with Crippen molar-refractivity contribution in [2.45, 2.75) is 91.0 Å². The second kappa shape index (κ2) is 12.0. The zero-order valence-electron chi connectivity index (χ0n) is 15.5. The highest BCUT2D eigenvalue weighted by Crippen LogP contribution is 2.18. The van der Waals surface area contributed by atoms with Gasteiger partial charge in [-0.05, 0) is 27.2 Å². The summed E-state index contributed by atoms with van der Waals surface area (Å²) in [7, 11) is 0. The van der Waals surface area contributed by atoms with Crippen molar-refractivity contribution < 1.29 is 24.6 Å². The third-order valence-corrected chi connectivity index (χ3v) is 4.11. The number of aliphatic hydroxyl groups is 3. The van der Waals surface area contributed by atoms with Crippen molar-refractivity contribution in [2.24, 2.45) is 0 Å². The summed E-state index contributed by atoms with van der Waals surface area (Å²) in [5.41, 5.74) is 0. The molecule has 3 N–H and O–H groups in total. The van der Waals surface area contributed by atoms with Crippen LogP contribution in [0.25, 0.3) is 0 Å². The molecule has 0 aromatic rings. The van der Waals surface area contributed by atoms with Crippen LogP contribution in [0.15, 0.2) is 0 Å². The predicted octanol–water partition coefficient (Wildman–Crippen LogP) is 2.22. The molecule has 23 heavy (non-hydrogen) atoms. The highest BCUT2D eigenvalue weighted by molar-refractivity contribution is 5.69. The minimum Gasteiger partial charge on any atom is -0.388 e. The number of nitrogens with zero attached hydrogens (tertiary/aromatic N) is 1. The molecule has 0 aliphatic heterocycles. The summed E-state index contributed by atoms with van der Waals surface area (Å²) < 4.78 is -0.0397. The summed E-state index contributed by atoms with van der Waals surface area (Å²) in [6, 6.07) is 0. The largest absolute Gasteiger partial charge is 0.388 e. The predicted molar refractivity (Wildman–Crippen MR) is 92.9 cm³/mol. The summed E-state index contributed by atoms with van der Waals surface area (Å²) in [5, 5.41) is 29.4. The molecule has 0 aliphatic carbocycles. The average Bonchev–Trinajstić information content (AvgIpc) is 2.39. The first-order valence-electron chi connectivity index (χ1n) is 9.17. The molecular weight excluding hydrogens is 294 g/mol. The van der Waals surface area contributed by atoms with Crippen molar-refractivity contribution in [2.75, 3.05) is 19.6 Å². The van der Waals surface area contributed by atoms with Gasteiger partial charge in [0.15, 0.2) is 0 Å². The molecule has 0 spiro atoms. The molecule has 0 aromatic carbocycles. The molecule has 0 rings (SSSR count). The summed E-state index contributed by atoms with van der Waals surface area (Å²) in [6.45, 7) is 7.84. The third-order valence-electron chi connectivity index (χ3n) is 4.11. The minimum absolute atomic E-state index is 0.0168. The molecular formula is C18H38NO4+. The van der Waals surface area contributed by atoms with Crippen LogP contribution in [0.3, 0.4) is 0 Å². The van der Waals surface area contributed by atoms with Gasteiger partial charge in [0.2, 0.25) is 0 Å². The second-order valence-electron chi connectivity index (χ2n) is 7.15. The fourth-order valence-corrected chi connectivity index (χ4v) is 3.34. The van der Waals surface area contributed by atoms with Crippen LogP contribution in [-0.4, -0.2) is 63.7 Å². The van der Waals surface area contributed by atoms with Gasteiger partial charge < -0.3 is 15.3 Å². The number of quaternary nitrogens is 1. The van der Waals surface area contributed by atoms with Crippen LogP contribution in [0.2, 0.25) is 0 Å². The fraction of sp³-hybridized carbons (Fsp3) is 0.944. The van der Waals surface area contributed by atoms with E-state index in [1.54, 1.807) is 20.8 Å². The van der Waals surface area contributed by atoms with Crippen LogP contribution in [0, 0.1) is 0 Å². The van der Waals surface area contributed by atoms with Crippen LogP contribution >= 0.6 is 0 Å². The van der Waals surface area contributed by atoms with Gasteiger partial charge in [-0.1, -0.05) is 39.0 Å². The van der Waals surface area contributed by atoms with Crippen molar-refractivity contribution >= 4 is 5.91 Å². The lowest BCUT2D eigenvalue weighted by Gasteiger charge is -2.38. The lowest BCUT2D eigenvalue weighted by atomic mass is 10.1. The van der Waals surface area contributed by atoms with Gasteiger partial charge >= 0.3 is 5.91 Å². The van der Waals surface area contributed by atoms with Gasteiger partial charge in [0.1, 0.15) is 37.9 Å². The van der Waals surface area contributed by atoms with E-state index in [1.807, 2.05) is 0 Å². The fourth-order valence-electron chi connectivity index (χ4n) is 3.34. The Morgan fingerprint density at radius 2 is 1.17 bits per heavy atom. The van der Waals surface area contributed by atoms with Crippen molar-refractivity contribution in [1.29, 1.82) is 0 Å². The molecule has 0 aromatic heterocycles. The van der Waals surface area contributed by atoms with Gasteiger partial charge in [-0.25, -0.2) is 4.79 Å². The maximum atomic E-state index is 12.8. The van der Waals surface area contributed by atoms with Gasteiger partial charge in [0.25, 0.3) is 0 Å². The zero-order chi connectivity index (χ0) is 17.9. The molecule has 0 radical (unpaired) electrons. The lowest BCUT2D eigenvalue weighted by molar-refractivity contribution is -0.864. The topological polar surface area (TPSA) is 77.8 Å². The Hall–Kier alpha value is -0.490. The molecule has 1 amide bonds. The smallest absolute Gasteiger partial charge is 0.313 e. The van der Waals surface area contributed by atoms with Crippen molar-refractivity contribution in [1.82, 2.24) is 0 Å². The Labute approximate surface area is 141 Å². The Bertz CT molecular complexity index is 290. The van der Waals surface area contributed by atoms with Gasteiger partial charge in [0.05, 0.1) is 6.42 Å².